The van der Waals surface area contributed by atoms with Crippen molar-refractivity contribution in [1.29, 1.82) is 0 Å². The SMILES string of the molecule is Cc1cccc(S(=O)(=O)NCCCc2nc3ccccc3s2)c1. The second-order valence-corrected chi connectivity index (χ2v) is 8.28. The Morgan fingerprint density at radius 1 is 1.13 bits per heavy atom. The molecule has 0 saturated carbocycles. The number of nitrogens with zero attached hydrogens (tertiary/aromatic N) is 1. The Bertz CT molecular complexity index is 884. The zero-order valence-electron chi connectivity index (χ0n) is 12.8. The fourth-order valence-corrected chi connectivity index (χ4v) is 4.53. The number of nitrogens with one attached hydrogen (secondary N) is 1. The number of hydrogen-bond donors (Lipinski definition) is 1. The first-order valence-corrected chi connectivity index (χ1v) is 9.75. The van der Waals surface area contributed by atoms with E-state index in [-0.39, 0.29) is 0 Å². The molecule has 3 rings (SSSR count). The Morgan fingerprint density at radius 3 is 2.74 bits per heavy atom. The number of thiazole rings is 1. The number of aryl methyl sites for hydroxylation is 2. The van der Waals surface area contributed by atoms with Crippen molar-refractivity contribution in [3.63, 3.8) is 0 Å². The van der Waals surface area contributed by atoms with Crippen LogP contribution in [0.2, 0.25) is 0 Å². The Hall–Kier alpha value is -1.76. The van der Waals surface area contributed by atoms with Crippen LogP contribution in [0.15, 0.2) is 53.4 Å². The lowest BCUT2D eigenvalue weighted by Crippen LogP contribution is -2.25. The molecular formula is C17H18N2O2S2. The molecule has 0 unspecified atom stereocenters. The first-order valence-electron chi connectivity index (χ1n) is 7.45. The first kappa shape index (κ1) is 16.1. The lowest BCUT2D eigenvalue weighted by molar-refractivity contribution is 0.579. The van der Waals surface area contributed by atoms with Gasteiger partial charge in [-0.15, -0.1) is 11.3 Å². The van der Waals surface area contributed by atoms with E-state index in [1.165, 1.54) is 4.70 Å². The number of fused-ring (bicyclic) bond motifs is 1. The Balaban J connectivity index is 1.56. The zero-order valence-corrected chi connectivity index (χ0v) is 14.5. The fourth-order valence-electron chi connectivity index (χ4n) is 2.34. The number of para-hydroxylation sites is 1. The molecule has 120 valence electrons. The number of rotatable bonds is 6. The van der Waals surface area contributed by atoms with Gasteiger partial charge in [0.05, 0.1) is 20.1 Å². The molecule has 0 aliphatic carbocycles. The Kier molecular flexibility index (Phi) is 4.75. The number of aromatic nitrogens is 1. The molecule has 1 aromatic heterocycles. The molecule has 0 aliphatic heterocycles. The van der Waals surface area contributed by atoms with Crippen LogP contribution in [-0.2, 0) is 16.4 Å². The molecule has 4 nitrogen and oxygen atoms in total. The molecule has 0 bridgehead atoms. The van der Waals surface area contributed by atoms with Gasteiger partial charge in [0.1, 0.15) is 0 Å². The maximum absolute atomic E-state index is 12.2. The van der Waals surface area contributed by atoms with E-state index in [0.29, 0.717) is 11.4 Å². The van der Waals surface area contributed by atoms with Crippen molar-refractivity contribution in [2.45, 2.75) is 24.7 Å². The fraction of sp³-hybridized carbons (Fsp3) is 0.235. The highest BCUT2D eigenvalue weighted by Crippen LogP contribution is 2.22. The summed E-state index contributed by atoms with van der Waals surface area (Å²) < 4.78 is 28.2. The van der Waals surface area contributed by atoms with Crippen LogP contribution in [-0.4, -0.2) is 19.9 Å². The highest BCUT2D eigenvalue weighted by molar-refractivity contribution is 7.89. The zero-order chi connectivity index (χ0) is 16.3. The van der Waals surface area contributed by atoms with E-state index in [1.54, 1.807) is 29.5 Å². The molecule has 0 saturated heterocycles. The molecule has 0 fully saturated rings. The van der Waals surface area contributed by atoms with E-state index < -0.39 is 10.0 Å². The standard InChI is InChI=1S/C17H18N2O2S2/c1-13-6-4-7-14(12-13)23(20,21)18-11-5-10-17-19-15-8-2-3-9-16(15)22-17/h2-4,6-9,12,18H,5,10-11H2,1H3. The van der Waals surface area contributed by atoms with Crippen molar-refractivity contribution < 1.29 is 8.42 Å². The van der Waals surface area contributed by atoms with Crippen molar-refractivity contribution in [3.8, 4) is 0 Å². The van der Waals surface area contributed by atoms with E-state index in [4.69, 9.17) is 0 Å². The van der Waals surface area contributed by atoms with Crippen molar-refractivity contribution in [2.24, 2.45) is 0 Å². The summed E-state index contributed by atoms with van der Waals surface area (Å²) in [5, 5.41) is 1.04. The smallest absolute Gasteiger partial charge is 0.240 e. The van der Waals surface area contributed by atoms with Crippen LogP contribution < -0.4 is 4.72 Å². The minimum atomic E-state index is -3.43. The van der Waals surface area contributed by atoms with E-state index in [1.807, 2.05) is 31.2 Å². The Morgan fingerprint density at radius 2 is 1.96 bits per heavy atom. The van der Waals surface area contributed by atoms with E-state index in [9.17, 15) is 8.42 Å². The average Bonchev–Trinajstić information content (AvgIpc) is 2.94. The second kappa shape index (κ2) is 6.78. The molecule has 0 radical (unpaired) electrons. The summed E-state index contributed by atoms with van der Waals surface area (Å²) in [7, 11) is -3.43. The van der Waals surface area contributed by atoms with Crippen LogP contribution in [0.3, 0.4) is 0 Å². The molecule has 3 aromatic rings. The third-order valence-electron chi connectivity index (χ3n) is 3.50. The summed E-state index contributed by atoms with van der Waals surface area (Å²) in [5.74, 6) is 0. The third-order valence-corrected chi connectivity index (χ3v) is 6.05. The lowest BCUT2D eigenvalue weighted by atomic mass is 10.2. The molecule has 2 aromatic carbocycles. The van der Waals surface area contributed by atoms with Gasteiger partial charge in [0.2, 0.25) is 10.0 Å². The van der Waals surface area contributed by atoms with E-state index in [2.05, 4.69) is 15.8 Å². The maximum Gasteiger partial charge on any atom is 0.240 e. The van der Waals surface area contributed by atoms with Gasteiger partial charge in [-0.1, -0.05) is 24.3 Å². The molecule has 0 aliphatic rings. The van der Waals surface area contributed by atoms with Gasteiger partial charge >= 0.3 is 0 Å². The van der Waals surface area contributed by atoms with Crippen LogP contribution in [0.1, 0.15) is 17.0 Å². The van der Waals surface area contributed by atoms with E-state index in [0.717, 1.165) is 28.9 Å². The normalized spacial score (nSPS) is 11.9. The van der Waals surface area contributed by atoms with Crippen molar-refractivity contribution in [2.75, 3.05) is 6.54 Å². The van der Waals surface area contributed by atoms with Gasteiger partial charge in [-0.25, -0.2) is 18.1 Å². The highest BCUT2D eigenvalue weighted by Gasteiger charge is 2.13. The first-order chi connectivity index (χ1) is 11.0. The third kappa shape index (κ3) is 3.96. The van der Waals surface area contributed by atoms with Gasteiger partial charge in [-0.3, -0.25) is 0 Å². The predicted octanol–water partition coefficient (Wildman–Crippen LogP) is 3.52. The molecule has 1 heterocycles. The molecule has 0 atom stereocenters. The summed E-state index contributed by atoms with van der Waals surface area (Å²) in [6.07, 6.45) is 1.50. The topological polar surface area (TPSA) is 59.1 Å². The molecular weight excluding hydrogens is 328 g/mol. The predicted molar refractivity (Wildman–Crippen MR) is 94.3 cm³/mol. The van der Waals surface area contributed by atoms with Crippen LogP contribution in [0.4, 0.5) is 0 Å². The average molecular weight is 346 g/mol. The summed E-state index contributed by atoms with van der Waals surface area (Å²) in [6, 6.07) is 14.9. The molecule has 0 spiro atoms. The van der Waals surface area contributed by atoms with Gasteiger partial charge in [0.25, 0.3) is 0 Å². The maximum atomic E-state index is 12.2. The van der Waals surface area contributed by atoms with E-state index >= 15 is 0 Å². The minimum Gasteiger partial charge on any atom is -0.241 e. The van der Waals surface area contributed by atoms with Crippen molar-refractivity contribution >= 4 is 31.6 Å². The Labute approximate surface area is 140 Å². The number of hydrogen-bond acceptors (Lipinski definition) is 4. The monoisotopic (exact) mass is 346 g/mol. The van der Waals surface area contributed by atoms with Gasteiger partial charge < -0.3 is 0 Å². The molecule has 23 heavy (non-hydrogen) atoms. The summed E-state index contributed by atoms with van der Waals surface area (Å²) in [5.41, 5.74) is 1.94. The van der Waals surface area contributed by atoms with Crippen LogP contribution in [0.5, 0.6) is 0 Å². The largest absolute Gasteiger partial charge is 0.241 e. The minimum absolute atomic E-state index is 0.317. The van der Waals surface area contributed by atoms with Gasteiger partial charge in [0, 0.05) is 13.0 Å². The van der Waals surface area contributed by atoms with Gasteiger partial charge in [-0.2, -0.15) is 0 Å². The van der Waals surface area contributed by atoms with Crippen LogP contribution in [0, 0.1) is 6.92 Å². The molecule has 6 heteroatoms. The quantitative estimate of drug-likeness (QED) is 0.695. The number of benzene rings is 2. The van der Waals surface area contributed by atoms with Gasteiger partial charge in [-0.05, 0) is 43.2 Å². The van der Waals surface area contributed by atoms with Gasteiger partial charge in [0.15, 0.2) is 0 Å². The molecule has 0 amide bonds. The summed E-state index contributed by atoms with van der Waals surface area (Å²) >= 11 is 1.67. The van der Waals surface area contributed by atoms with Crippen LogP contribution >= 0.6 is 11.3 Å². The second-order valence-electron chi connectivity index (χ2n) is 5.39. The van der Waals surface area contributed by atoms with Crippen molar-refractivity contribution in [1.82, 2.24) is 9.71 Å². The molecule has 1 N–H and O–H groups in total. The summed E-state index contributed by atoms with van der Waals surface area (Å²) in [6.45, 7) is 2.29. The van der Waals surface area contributed by atoms with Crippen molar-refractivity contribution in [3.05, 3.63) is 59.1 Å². The highest BCUT2D eigenvalue weighted by atomic mass is 32.2. The summed E-state index contributed by atoms with van der Waals surface area (Å²) in [4.78, 5) is 4.87. The van der Waals surface area contributed by atoms with Crippen LogP contribution in [0.25, 0.3) is 10.2 Å². The lowest BCUT2D eigenvalue weighted by Gasteiger charge is -2.06. The number of sulfonamides is 1.